The van der Waals surface area contributed by atoms with E-state index < -0.39 is 10.9 Å². The van der Waals surface area contributed by atoms with Gasteiger partial charge in [0.15, 0.2) is 0 Å². The maximum atomic E-state index is 11.8. The van der Waals surface area contributed by atoms with E-state index in [2.05, 4.69) is 9.47 Å². The predicted octanol–water partition coefficient (Wildman–Crippen LogP) is 3.13. The molecule has 4 nitrogen and oxygen atoms in total. The molecule has 2 aliphatic rings. The first kappa shape index (κ1) is 16.2. The fraction of sp³-hybridized carbons (Fsp3) is 0.294. The molecule has 0 radical (unpaired) electrons. The number of aryl methyl sites for hydroxylation is 1. The van der Waals surface area contributed by atoms with E-state index in [1.54, 1.807) is 0 Å². The number of benzene rings is 2. The van der Waals surface area contributed by atoms with E-state index in [0.29, 0.717) is 5.02 Å². The van der Waals surface area contributed by atoms with E-state index in [1.165, 1.54) is 23.5 Å². The van der Waals surface area contributed by atoms with Crippen LogP contribution in [0.5, 0.6) is 0 Å². The number of halogens is 1. The molecule has 0 aromatic heterocycles. The number of nitrogens with zero attached hydrogens (tertiary/aromatic N) is 2. The van der Waals surface area contributed by atoms with Crippen LogP contribution in [0, 0.1) is 0 Å². The van der Waals surface area contributed by atoms with Crippen molar-refractivity contribution in [1.29, 1.82) is 0 Å². The summed E-state index contributed by atoms with van der Waals surface area (Å²) in [7, 11) is 4.06. The van der Waals surface area contributed by atoms with Crippen molar-refractivity contribution in [2.24, 2.45) is 0 Å². The van der Waals surface area contributed by atoms with E-state index in [-0.39, 0.29) is 0 Å². The topological polar surface area (TPSA) is 42.3 Å². The van der Waals surface area contributed by atoms with Crippen molar-refractivity contribution in [3.8, 4) is 10.6 Å². The third-order valence-corrected chi connectivity index (χ3v) is 5.08. The van der Waals surface area contributed by atoms with E-state index in [1.807, 2.05) is 32.3 Å². The highest BCUT2D eigenvalue weighted by molar-refractivity contribution is 7.21. The second-order valence-corrected chi connectivity index (χ2v) is 7.31. The van der Waals surface area contributed by atoms with Crippen LogP contribution >= 0.6 is 22.9 Å². The summed E-state index contributed by atoms with van der Waals surface area (Å²) in [6.45, 7) is 1.70. The summed E-state index contributed by atoms with van der Waals surface area (Å²) in [6.07, 6.45) is 0.941. The van der Waals surface area contributed by atoms with Gasteiger partial charge in [-0.25, -0.2) is 0 Å². The van der Waals surface area contributed by atoms with Crippen molar-refractivity contribution in [3.63, 3.8) is 0 Å². The van der Waals surface area contributed by atoms with Crippen LogP contribution in [0.2, 0.25) is 5.02 Å². The standard InChI is InChI=1S/C17H17ClN2O2S/c1-19(2)6-3-7-20-12-8-11(18)4-5-16(12)23-17-10-15(22)14(21)9-13(17)20/h4-5,8-10H,3,6-7H2,1-2H3. The summed E-state index contributed by atoms with van der Waals surface area (Å²) < 4.78 is 3.14. The SMILES string of the molecule is CN(C)CCCn1c2cc(=O)c(=O)cc-2sc2ccc(Cl)cc21. The Morgan fingerprint density at radius 2 is 1.87 bits per heavy atom. The summed E-state index contributed by atoms with van der Waals surface area (Å²) in [4.78, 5) is 26.5. The largest absolute Gasteiger partial charge is 0.339 e. The van der Waals surface area contributed by atoms with Gasteiger partial charge in [0.2, 0.25) is 10.9 Å². The van der Waals surface area contributed by atoms with E-state index in [0.717, 1.165) is 40.3 Å². The summed E-state index contributed by atoms with van der Waals surface area (Å²) in [5, 5.41) is 0.660. The molecule has 0 unspecified atom stereocenters. The van der Waals surface area contributed by atoms with E-state index in [9.17, 15) is 9.59 Å². The normalized spacial score (nSPS) is 11.7. The number of rotatable bonds is 4. The fourth-order valence-electron chi connectivity index (χ4n) is 2.65. The Morgan fingerprint density at radius 1 is 1.13 bits per heavy atom. The van der Waals surface area contributed by atoms with Crippen molar-refractivity contribution in [1.82, 2.24) is 9.47 Å². The molecule has 0 saturated carbocycles. The van der Waals surface area contributed by atoms with Gasteiger partial charge in [-0.1, -0.05) is 11.6 Å². The lowest BCUT2D eigenvalue weighted by molar-refractivity contribution is 0.388. The van der Waals surface area contributed by atoms with Crippen LogP contribution in [0.1, 0.15) is 6.42 Å². The molecule has 0 bridgehead atoms. The monoisotopic (exact) mass is 348 g/mol. The summed E-state index contributed by atoms with van der Waals surface area (Å²) in [5.74, 6) is 0. The molecular formula is C17H17ClN2O2S. The molecule has 0 fully saturated rings. The Kier molecular flexibility index (Phi) is 4.53. The van der Waals surface area contributed by atoms with E-state index in [4.69, 9.17) is 11.6 Å². The quantitative estimate of drug-likeness (QED) is 0.537. The van der Waals surface area contributed by atoms with Crippen molar-refractivity contribution in [2.75, 3.05) is 20.6 Å². The zero-order valence-corrected chi connectivity index (χ0v) is 14.6. The average Bonchev–Trinajstić information content (AvgIpc) is 2.49. The number of aromatic nitrogens is 1. The van der Waals surface area contributed by atoms with Gasteiger partial charge in [-0.3, -0.25) is 9.59 Å². The summed E-state index contributed by atoms with van der Waals surface area (Å²) >= 11 is 7.66. The third kappa shape index (κ3) is 3.32. The molecule has 0 atom stereocenters. The van der Waals surface area contributed by atoms with Crippen LogP contribution < -0.4 is 10.9 Å². The van der Waals surface area contributed by atoms with Gasteiger partial charge in [0, 0.05) is 23.7 Å². The van der Waals surface area contributed by atoms with Gasteiger partial charge in [0.25, 0.3) is 0 Å². The van der Waals surface area contributed by atoms with Gasteiger partial charge in [-0.2, -0.15) is 0 Å². The zero-order valence-electron chi connectivity index (χ0n) is 13.0. The molecule has 0 N–H and O–H groups in total. The minimum absolute atomic E-state index is 0.457. The van der Waals surface area contributed by atoms with Crippen LogP contribution in [0.3, 0.4) is 0 Å². The average molecular weight is 349 g/mol. The van der Waals surface area contributed by atoms with Crippen LogP contribution in [0.15, 0.2) is 39.9 Å². The first-order valence-corrected chi connectivity index (χ1v) is 8.57. The smallest absolute Gasteiger partial charge is 0.227 e. The second-order valence-electron chi connectivity index (χ2n) is 5.79. The van der Waals surface area contributed by atoms with Gasteiger partial charge in [-0.15, -0.1) is 11.3 Å². The van der Waals surface area contributed by atoms with Crippen LogP contribution in [-0.2, 0) is 6.54 Å². The molecule has 1 heterocycles. The lowest BCUT2D eigenvalue weighted by atomic mass is 10.2. The molecule has 0 saturated heterocycles. The lowest BCUT2D eigenvalue weighted by Gasteiger charge is -2.19. The third-order valence-electron chi connectivity index (χ3n) is 3.73. The van der Waals surface area contributed by atoms with Crippen molar-refractivity contribution in [3.05, 3.63) is 55.8 Å². The van der Waals surface area contributed by atoms with Crippen molar-refractivity contribution in [2.45, 2.75) is 13.0 Å². The highest BCUT2D eigenvalue weighted by Crippen LogP contribution is 2.33. The molecule has 1 aromatic carbocycles. The minimum Gasteiger partial charge on any atom is -0.339 e. The highest BCUT2D eigenvalue weighted by Gasteiger charge is 2.14. The Hall–Kier alpha value is -1.69. The maximum Gasteiger partial charge on any atom is 0.227 e. The van der Waals surface area contributed by atoms with Crippen molar-refractivity contribution < 1.29 is 0 Å². The molecule has 1 aromatic rings. The first-order valence-electron chi connectivity index (χ1n) is 7.37. The van der Waals surface area contributed by atoms with Crippen LogP contribution in [0.4, 0.5) is 0 Å². The molecule has 0 spiro atoms. The zero-order chi connectivity index (χ0) is 16.6. The second kappa shape index (κ2) is 6.43. The molecule has 23 heavy (non-hydrogen) atoms. The molecule has 0 amide bonds. The lowest BCUT2D eigenvalue weighted by Crippen LogP contribution is -2.24. The fourth-order valence-corrected chi connectivity index (χ4v) is 3.90. The predicted molar refractivity (Wildman–Crippen MR) is 97.2 cm³/mol. The summed E-state index contributed by atoms with van der Waals surface area (Å²) in [5.41, 5.74) is 0.870. The Labute approximate surface area is 142 Å². The Balaban J connectivity index is 2.25. The molecule has 1 aliphatic carbocycles. The Morgan fingerprint density at radius 3 is 2.61 bits per heavy atom. The van der Waals surface area contributed by atoms with Crippen molar-refractivity contribution >= 4 is 33.2 Å². The van der Waals surface area contributed by atoms with Gasteiger partial charge in [0.1, 0.15) is 0 Å². The van der Waals surface area contributed by atoms with Gasteiger partial charge < -0.3 is 9.47 Å². The highest BCUT2D eigenvalue weighted by atomic mass is 35.5. The van der Waals surface area contributed by atoms with E-state index >= 15 is 0 Å². The molecule has 1 aliphatic heterocycles. The Bertz CT molecular complexity index is 946. The molecule has 120 valence electrons. The molecule has 3 rings (SSSR count). The van der Waals surface area contributed by atoms with Gasteiger partial charge >= 0.3 is 0 Å². The van der Waals surface area contributed by atoms with Gasteiger partial charge in [0.05, 0.1) is 20.8 Å². The molecular weight excluding hydrogens is 332 g/mol. The molecule has 6 heteroatoms. The van der Waals surface area contributed by atoms with Crippen LogP contribution in [-0.4, -0.2) is 30.1 Å². The first-order chi connectivity index (χ1) is 11.0. The summed E-state index contributed by atoms with van der Waals surface area (Å²) in [6, 6.07) is 8.61. The van der Waals surface area contributed by atoms with Gasteiger partial charge in [-0.05, 0) is 45.3 Å². The van der Waals surface area contributed by atoms with Crippen LogP contribution in [0.25, 0.3) is 20.8 Å². The minimum atomic E-state index is -0.465. The number of hydrogen-bond acceptors (Lipinski definition) is 4. The number of fused-ring (bicyclic) bond motifs is 2. The number of hydrogen-bond donors (Lipinski definition) is 0. The maximum absolute atomic E-state index is 11.8.